The summed E-state index contributed by atoms with van der Waals surface area (Å²) in [6, 6.07) is 12.3. The molecule has 1 aromatic heterocycles. The number of piperidine rings is 1. The predicted molar refractivity (Wildman–Crippen MR) is 171 cm³/mol. The largest absolute Gasteiger partial charge is 0.507 e. The highest BCUT2D eigenvalue weighted by Crippen LogP contribution is 2.74. The minimum absolute atomic E-state index is 0.0495. The second-order valence-corrected chi connectivity index (χ2v) is 13.9. The Bertz CT molecular complexity index is 1920. The molecule has 3 aromatic rings. The summed E-state index contributed by atoms with van der Waals surface area (Å²) in [5, 5.41) is 20.5. The second-order valence-electron chi connectivity index (χ2n) is 13.9. The van der Waals surface area contributed by atoms with Crippen molar-refractivity contribution < 1.29 is 38.6 Å². The SMILES string of the molecule is Nc1nnc(-c2ccccc2O)cc1OCC12CC(C(=O)N3CC(CCOc4cccc5c4C(=O)N(C4CCC(=O)NC4=O)C5=O)C3)(C1)C2. The topological polar surface area (TPSA) is 194 Å². The third-order valence-corrected chi connectivity index (χ3v) is 10.6. The number of aromatic nitrogens is 2. The molecule has 9 rings (SSSR count). The van der Waals surface area contributed by atoms with Gasteiger partial charge < -0.3 is 25.2 Å². The van der Waals surface area contributed by atoms with E-state index in [1.54, 1.807) is 42.5 Å². The first kappa shape index (κ1) is 30.8. The molecule has 1 unspecified atom stereocenters. The maximum atomic E-state index is 13.4. The number of anilines is 1. The van der Waals surface area contributed by atoms with Crippen molar-refractivity contribution in [2.24, 2.45) is 16.7 Å². The summed E-state index contributed by atoms with van der Waals surface area (Å²) in [6.45, 7) is 1.98. The lowest BCUT2D eigenvalue weighted by Gasteiger charge is -2.70. The molecule has 3 aliphatic carbocycles. The summed E-state index contributed by atoms with van der Waals surface area (Å²) in [7, 11) is 0. The molecule has 4 N–H and O–H groups in total. The van der Waals surface area contributed by atoms with E-state index in [-0.39, 0.29) is 63.9 Å². The molecule has 2 saturated heterocycles. The van der Waals surface area contributed by atoms with E-state index in [2.05, 4.69) is 15.5 Å². The molecule has 14 heteroatoms. The van der Waals surface area contributed by atoms with Crippen LogP contribution < -0.4 is 20.5 Å². The third-order valence-electron chi connectivity index (χ3n) is 10.6. The van der Waals surface area contributed by atoms with Crippen molar-refractivity contribution in [3.8, 4) is 28.5 Å². The molecule has 252 valence electrons. The number of fused-ring (bicyclic) bond motifs is 1. The van der Waals surface area contributed by atoms with E-state index in [9.17, 15) is 29.1 Å². The average Bonchev–Trinajstić information content (AvgIpc) is 3.27. The van der Waals surface area contributed by atoms with Gasteiger partial charge in [0.2, 0.25) is 17.7 Å². The first-order valence-electron chi connectivity index (χ1n) is 16.4. The fraction of sp³-hybridized carbons (Fsp3) is 0.400. The number of nitrogens with two attached hydrogens (primary N) is 1. The van der Waals surface area contributed by atoms with Crippen LogP contribution in [-0.2, 0) is 14.4 Å². The minimum atomic E-state index is -1.04. The fourth-order valence-corrected chi connectivity index (χ4v) is 8.12. The van der Waals surface area contributed by atoms with E-state index in [0.29, 0.717) is 49.7 Å². The summed E-state index contributed by atoms with van der Waals surface area (Å²) in [4.78, 5) is 66.5. The molecule has 2 aromatic carbocycles. The number of ether oxygens (including phenoxy) is 2. The van der Waals surface area contributed by atoms with Crippen LogP contribution >= 0.6 is 0 Å². The zero-order valence-corrected chi connectivity index (χ0v) is 26.5. The number of nitrogens with zero attached hydrogens (tertiary/aromatic N) is 4. The number of aromatic hydroxyl groups is 1. The van der Waals surface area contributed by atoms with Crippen LogP contribution in [0.1, 0.15) is 59.2 Å². The van der Waals surface area contributed by atoms with Crippen LogP contribution in [0.5, 0.6) is 17.2 Å². The van der Waals surface area contributed by atoms with Gasteiger partial charge in [-0.3, -0.25) is 34.2 Å². The summed E-state index contributed by atoms with van der Waals surface area (Å²) < 4.78 is 12.1. The van der Waals surface area contributed by atoms with Crippen molar-refractivity contribution in [2.75, 3.05) is 32.0 Å². The Morgan fingerprint density at radius 1 is 0.959 bits per heavy atom. The van der Waals surface area contributed by atoms with E-state index < -0.39 is 29.7 Å². The predicted octanol–water partition coefficient (Wildman–Crippen LogP) is 2.31. The van der Waals surface area contributed by atoms with E-state index in [0.717, 1.165) is 24.2 Å². The van der Waals surface area contributed by atoms with Gasteiger partial charge in [-0.1, -0.05) is 18.2 Å². The molecule has 2 bridgehead atoms. The van der Waals surface area contributed by atoms with E-state index >= 15 is 0 Å². The van der Waals surface area contributed by atoms with Crippen molar-refractivity contribution in [2.45, 2.75) is 44.6 Å². The number of hydrogen-bond acceptors (Lipinski definition) is 11. The Kier molecular flexibility index (Phi) is 7.09. The number of nitrogen functional groups attached to an aromatic ring is 1. The van der Waals surface area contributed by atoms with Gasteiger partial charge in [0.25, 0.3) is 11.8 Å². The van der Waals surface area contributed by atoms with Gasteiger partial charge in [0.15, 0.2) is 11.6 Å². The van der Waals surface area contributed by atoms with Gasteiger partial charge in [-0.05, 0) is 62.3 Å². The maximum Gasteiger partial charge on any atom is 0.266 e. The molecule has 49 heavy (non-hydrogen) atoms. The van der Waals surface area contributed by atoms with Crippen LogP contribution in [-0.4, -0.2) is 87.0 Å². The lowest BCUT2D eigenvalue weighted by atomic mass is 9.35. The summed E-state index contributed by atoms with van der Waals surface area (Å²) in [5.41, 5.74) is 6.91. The first-order valence-corrected chi connectivity index (χ1v) is 16.4. The van der Waals surface area contributed by atoms with Gasteiger partial charge in [-0.25, -0.2) is 0 Å². The smallest absolute Gasteiger partial charge is 0.266 e. The summed E-state index contributed by atoms with van der Waals surface area (Å²) in [6.07, 6.45) is 3.08. The zero-order valence-electron chi connectivity index (χ0n) is 26.5. The second kappa shape index (κ2) is 11.3. The molecular formula is C35H34N6O8. The lowest BCUT2D eigenvalue weighted by Crippen LogP contribution is -2.71. The molecule has 14 nitrogen and oxygen atoms in total. The molecule has 3 saturated carbocycles. The highest BCUT2D eigenvalue weighted by molar-refractivity contribution is 6.24. The molecule has 0 radical (unpaired) electrons. The third kappa shape index (κ3) is 5.04. The zero-order chi connectivity index (χ0) is 34.1. The van der Waals surface area contributed by atoms with Crippen molar-refractivity contribution in [3.05, 3.63) is 59.7 Å². The van der Waals surface area contributed by atoms with Crippen LogP contribution in [0.3, 0.4) is 0 Å². The average molecular weight is 667 g/mol. The lowest BCUT2D eigenvalue weighted by molar-refractivity contribution is -0.229. The Morgan fingerprint density at radius 3 is 2.47 bits per heavy atom. The summed E-state index contributed by atoms with van der Waals surface area (Å²) in [5.74, 6) is -0.916. The normalized spacial score (nSPS) is 25.6. The molecule has 5 fully saturated rings. The van der Waals surface area contributed by atoms with Crippen LogP contribution in [0.25, 0.3) is 11.3 Å². The molecule has 1 atom stereocenters. The van der Waals surface area contributed by atoms with Crippen LogP contribution in [0.15, 0.2) is 48.5 Å². The number of para-hydroxylation sites is 1. The minimum Gasteiger partial charge on any atom is -0.507 e. The van der Waals surface area contributed by atoms with Gasteiger partial charge in [-0.2, -0.15) is 0 Å². The number of benzene rings is 2. The van der Waals surface area contributed by atoms with Gasteiger partial charge in [0.1, 0.15) is 23.2 Å². The Balaban J connectivity index is 0.802. The molecule has 0 spiro atoms. The fourth-order valence-electron chi connectivity index (χ4n) is 8.12. The highest BCUT2D eigenvalue weighted by Gasteiger charge is 2.72. The van der Waals surface area contributed by atoms with E-state index in [4.69, 9.17) is 15.2 Å². The van der Waals surface area contributed by atoms with Crippen LogP contribution in [0.2, 0.25) is 0 Å². The quantitative estimate of drug-likeness (QED) is 0.269. The number of rotatable bonds is 10. The number of carbonyl (C=O) groups is 5. The Hall–Kier alpha value is -5.53. The molecule has 4 heterocycles. The van der Waals surface area contributed by atoms with Crippen molar-refractivity contribution in [1.29, 1.82) is 0 Å². The Labute approximate surface area is 280 Å². The number of hydrogen-bond donors (Lipinski definition) is 3. The van der Waals surface area contributed by atoms with Gasteiger partial charge in [0, 0.05) is 36.6 Å². The van der Waals surface area contributed by atoms with Gasteiger partial charge in [0.05, 0.1) is 29.8 Å². The van der Waals surface area contributed by atoms with E-state index in [1.807, 2.05) is 4.90 Å². The number of carbonyl (C=O) groups excluding carboxylic acids is 5. The Morgan fingerprint density at radius 2 is 1.71 bits per heavy atom. The molecule has 3 aliphatic heterocycles. The van der Waals surface area contributed by atoms with Crippen LogP contribution in [0, 0.1) is 16.7 Å². The van der Waals surface area contributed by atoms with Gasteiger partial charge in [-0.15, -0.1) is 10.2 Å². The first-order chi connectivity index (χ1) is 23.6. The number of imide groups is 2. The van der Waals surface area contributed by atoms with E-state index in [1.165, 1.54) is 6.07 Å². The van der Waals surface area contributed by atoms with Gasteiger partial charge >= 0.3 is 0 Å². The number of nitrogens with one attached hydrogen (secondary N) is 1. The number of phenols is 1. The standard InChI is InChI=1S/C35H34N6O8/c36-29-26(12-22(38-39-29)20-4-1-2-6-24(20)42)49-18-34-15-35(16-34,17-34)33(47)40-13-19(14-40)10-11-48-25-7-3-5-21-28(25)32(46)41(31(21)45)23-8-9-27(43)37-30(23)44/h1-7,12,19,23,42H,8-11,13-18H2,(H2,36,39)(H,37,43,44). The molecule has 6 aliphatic rings. The van der Waals surface area contributed by atoms with Crippen molar-refractivity contribution in [3.63, 3.8) is 0 Å². The number of likely N-dealkylation sites (tertiary alicyclic amines) is 1. The highest BCUT2D eigenvalue weighted by atomic mass is 16.5. The monoisotopic (exact) mass is 666 g/mol. The van der Waals surface area contributed by atoms with Crippen molar-refractivity contribution >= 4 is 35.4 Å². The summed E-state index contributed by atoms with van der Waals surface area (Å²) >= 11 is 0. The molecule has 5 amide bonds. The maximum absolute atomic E-state index is 13.4. The number of amides is 5. The van der Waals surface area contributed by atoms with Crippen LogP contribution in [0.4, 0.5) is 5.82 Å². The molecular weight excluding hydrogens is 632 g/mol. The van der Waals surface area contributed by atoms with Crippen molar-refractivity contribution in [1.82, 2.24) is 25.3 Å². The number of phenolic OH excluding ortho intramolecular Hbond substituents is 1.